The number of carbonyl (C=O) groups excluding carboxylic acids is 1. The zero-order valence-electron chi connectivity index (χ0n) is 17.5. The standard InChI is InChI=1S/C22H22Cl2N4O3S/c1-4-10-28-21(14(2)31-19-9-8-15(23)11-18(19)24)26-27-22(28)32-13-20(29)25-16-6-5-7-17(12-16)30-3/h4-9,11-12,14H,1,10,13H2,2-3H3,(H,25,29). The van der Waals surface area contributed by atoms with Gasteiger partial charge < -0.3 is 14.8 Å². The molecule has 3 rings (SSSR count). The molecule has 0 aliphatic rings. The minimum Gasteiger partial charge on any atom is -0.497 e. The number of nitrogens with one attached hydrogen (secondary N) is 1. The molecule has 7 nitrogen and oxygen atoms in total. The van der Waals surface area contributed by atoms with Gasteiger partial charge in [-0.15, -0.1) is 16.8 Å². The van der Waals surface area contributed by atoms with E-state index < -0.39 is 6.10 Å². The topological polar surface area (TPSA) is 78.3 Å². The summed E-state index contributed by atoms with van der Waals surface area (Å²) in [6, 6.07) is 12.2. The Labute approximate surface area is 200 Å². The van der Waals surface area contributed by atoms with Gasteiger partial charge in [0.15, 0.2) is 17.1 Å². The summed E-state index contributed by atoms with van der Waals surface area (Å²) < 4.78 is 13.0. The van der Waals surface area contributed by atoms with E-state index in [0.717, 1.165) is 0 Å². The molecule has 1 N–H and O–H groups in total. The van der Waals surface area contributed by atoms with E-state index >= 15 is 0 Å². The van der Waals surface area contributed by atoms with Crippen LogP contribution in [0.3, 0.4) is 0 Å². The predicted octanol–water partition coefficient (Wildman–Crippen LogP) is 5.65. The predicted molar refractivity (Wildman–Crippen MR) is 128 cm³/mol. The van der Waals surface area contributed by atoms with Gasteiger partial charge in [-0.05, 0) is 37.3 Å². The number of benzene rings is 2. The van der Waals surface area contributed by atoms with Crippen molar-refractivity contribution < 1.29 is 14.3 Å². The number of carbonyl (C=O) groups is 1. The number of anilines is 1. The van der Waals surface area contributed by atoms with E-state index in [1.165, 1.54) is 11.8 Å². The SMILES string of the molecule is C=CCn1c(SCC(=O)Nc2cccc(OC)c2)nnc1C(C)Oc1ccc(Cl)cc1Cl. The van der Waals surface area contributed by atoms with Crippen LogP contribution in [-0.4, -0.2) is 33.5 Å². The highest BCUT2D eigenvalue weighted by molar-refractivity contribution is 7.99. The van der Waals surface area contributed by atoms with Crippen molar-refractivity contribution in [2.75, 3.05) is 18.2 Å². The van der Waals surface area contributed by atoms with Crippen LogP contribution in [0.2, 0.25) is 10.0 Å². The summed E-state index contributed by atoms with van der Waals surface area (Å²) in [5, 5.41) is 12.9. The third-order valence-corrected chi connectivity index (χ3v) is 5.80. The van der Waals surface area contributed by atoms with E-state index in [0.29, 0.717) is 44.8 Å². The molecule has 1 atom stereocenters. The Kier molecular flexibility index (Phi) is 8.44. The highest BCUT2D eigenvalue weighted by Gasteiger charge is 2.20. The first-order valence-corrected chi connectivity index (χ1v) is 11.4. The summed E-state index contributed by atoms with van der Waals surface area (Å²) in [4.78, 5) is 12.4. The van der Waals surface area contributed by atoms with Crippen LogP contribution >= 0.6 is 35.0 Å². The number of ether oxygens (including phenoxy) is 2. The molecule has 0 saturated carbocycles. The molecule has 168 valence electrons. The lowest BCUT2D eigenvalue weighted by Crippen LogP contribution is -2.15. The third kappa shape index (κ3) is 6.18. The molecule has 3 aromatic rings. The quantitative estimate of drug-likeness (QED) is 0.291. The average molecular weight is 493 g/mol. The van der Waals surface area contributed by atoms with Crippen LogP contribution in [-0.2, 0) is 11.3 Å². The number of amides is 1. The summed E-state index contributed by atoms with van der Waals surface area (Å²) in [6.45, 7) is 6.11. The Balaban J connectivity index is 1.68. The largest absolute Gasteiger partial charge is 0.497 e. The van der Waals surface area contributed by atoms with Crippen LogP contribution in [0.4, 0.5) is 5.69 Å². The van der Waals surface area contributed by atoms with Gasteiger partial charge in [0.1, 0.15) is 11.5 Å². The van der Waals surface area contributed by atoms with Crippen LogP contribution in [0.15, 0.2) is 60.3 Å². The van der Waals surface area contributed by atoms with Gasteiger partial charge in [-0.2, -0.15) is 0 Å². The molecule has 1 heterocycles. The van der Waals surface area contributed by atoms with Crippen molar-refractivity contribution >= 4 is 46.6 Å². The first-order valence-electron chi connectivity index (χ1n) is 9.63. The van der Waals surface area contributed by atoms with Crippen molar-refractivity contribution in [1.29, 1.82) is 0 Å². The molecule has 1 aromatic heterocycles. The van der Waals surface area contributed by atoms with Gasteiger partial charge in [0.25, 0.3) is 0 Å². The fraction of sp³-hybridized carbons (Fsp3) is 0.227. The van der Waals surface area contributed by atoms with Gasteiger partial charge in [0, 0.05) is 23.3 Å². The smallest absolute Gasteiger partial charge is 0.234 e. The summed E-state index contributed by atoms with van der Waals surface area (Å²) >= 11 is 13.4. The average Bonchev–Trinajstić information content (AvgIpc) is 3.17. The summed E-state index contributed by atoms with van der Waals surface area (Å²) in [5.74, 6) is 1.73. The number of hydrogen-bond acceptors (Lipinski definition) is 6. The van der Waals surface area contributed by atoms with Crippen LogP contribution in [0.25, 0.3) is 0 Å². The Hall–Kier alpha value is -2.68. The Morgan fingerprint density at radius 2 is 2.09 bits per heavy atom. The molecule has 0 fully saturated rings. The summed E-state index contributed by atoms with van der Waals surface area (Å²) in [5.41, 5.74) is 0.657. The zero-order chi connectivity index (χ0) is 23.1. The number of nitrogens with zero attached hydrogens (tertiary/aromatic N) is 3. The Morgan fingerprint density at radius 1 is 1.28 bits per heavy atom. The Bertz CT molecular complexity index is 1110. The fourth-order valence-corrected chi connectivity index (χ4v) is 4.06. The second-order valence-electron chi connectivity index (χ2n) is 6.64. The van der Waals surface area contributed by atoms with E-state index in [1.807, 2.05) is 23.6 Å². The van der Waals surface area contributed by atoms with Gasteiger partial charge in [-0.3, -0.25) is 9.36 Å². The fourth-order valence-electron chi connectivity index (χ4n) is 2.85. The zero-order valence-corrected chi connectivity index (χ0v) is 19.9. The maximum absolute atomic E-state index is 12.4. The van der Waals surface area contributed by atoms with Crippen LogP contribution in [0.1, 0.15) is 18.9 Å². The number of rotatable bonds is 10. The molecule has 0 saturated heterocycles. The second-order valence-corrected chi connectivity index (χ2v) is 8.43. The molecule has 1 amide bonds. The second kappa shape index (κ2) is 11.3. The van der Waals surface area contributed by atoms with Crippen molar-refractivity contribution in [2.24, 2.45) is 0 Å². The molecule has 0 bridgehead atoms. The van der Waals surface area contributed by atoms with Crippen molar-refractivity contribution in [3.05, 3.63) is 71.0 Å². The molecular formula is C22H22Cl2N4O3S. The number of allylic oxidation sites excluding steroid dienone is 1. The van der Waals surface area contributed by atoms with E-state index in [4.69, 9.17) is 32.7 Å². The van der Waals surface area contributed by atoms with E-state index in [1.54, 1.807) is 43.5 Å². The Morgan fingerprint density at radius 3 is 2.81 bits per heavy atom. The maximum atomic E-state index is 12.4. The first-order chi connectivity index (χ1) is 15.4. The van der Waals surface area contributed by atoms with Gasteiger partial charge in [-0.25, -0.2) is 0 Å². The monoisotopic (exact) mass is 492 g/mol. The van der Waals surface area contributed by atoms with Crippen molar-refractivity contribution in [2.45, 2.75) is 24.7 Å². The minimum atomic E-state index is -0.443. The van der Waals surface area contributed by atoms with Gasteiger partial charge >= 0.3 is 0 Å². The van der Waals surface area contributed by atoms with Crippen molar-refractivity contribution in [3.63, 3.8) is 0 Å². The summed E-state index contributed by atoms with van der Waals surface area (Å²) in [7, 11) is 1.58. The highest BCUT2D eigenvalue weighted by Crippen LogP contribution is 2.31. The summed E-state index contributed by atoms with van der Waals surface area (Å²) in [6.07, 6.45) is 1.29. The minimum absolute atomic E-state index is 0.157. The number of halogens is 2. The number of hydrogen-bond donors (Lipinski definition) is 1. The van der Waals surface area contributed by atoms with Crippen molar-refractivity contribution in [1.82, 2.24) is 14.8 Å². The van der Waals surface area contributed by atoms with Gasteiger partial charge in [0.05, 0.1) is 17.9 Å². The lowest BCUT2D eigenvalue weighted by Gasteiger charge is -2.16. The molecule has 32 heavy (non-hydrogen) atoms. The lowest BCUT2D eigenvalue weighted by molar-refractivity contribution is -0.113. The lowest BCUT2D eigenvalue weighted by atomic mass is 10.3. The number of aromatic nitrogens is 3. The van der Waals surface area contributed by atoms with Crippen LogP contribution < -0.4 is 14.8 Å². The molecule has 0 spiro atoms. The molecule has 1 unspecified atom stereocenters. The van der Waals surface area contributed by atoms with Gasteiger partial charge in [-0.1, -0.05) is 47.1 Å². The molecule has 0 radical (unpaired) electrons. The molecule has 10 heteroatoms. The maximum Gasteiger partial charge on any atom is 0.234 e. The van der Waals surface area contributed by atoms with Crippen LogP contribution in [0, 0.1) is 0 Å². The first kappa shape index (κ1) is 24.0. The number of thioether (sulfide) groups is 1. The highest BCUT2D eigenvalue weighted by atomic mass is 35.5. The van der Waals surface area contributed by atoms with Gasteiger partial charge in [0.2, 0.25) is 5.91 Å². The molecular weight excluding hydrogens is 471 g/mol. The van der Waals surface area contributed by atoms with Crippen molar-refractivity contribution in [3.8, 4) is 11.5 Å². The molecule has 0 aliphatic heterocycles. The van der Waals surface area contributed by atoms with E-state index in [9.17, 15) is 4.79 Å². The van der Waals surface area contributed by atoms with E-state index in [2.05, 4.69) is 22.1 Å². The molecule has 2 aromatic carbocycles. The van der Waals surface area contributed by atoms with Crippen LogP contribution in [0.5, 0.6) is 11.5 Å². The normalized spacial score (nSPS) is 11.6. The molecule has 0 aliphatic carbocycles. The van der Waals surface area contributed by atoms with E-state index in [-0.39, 0.29) is 11.7 Å². The number of methoxy groups -OCH3 is 1. The third-order valence-electron chi connectivity index (χ3n) is 4.30.